The SMILES string of the molecule is CNC(=O)C1COCCN1C(=O)c1ccc(N)c(C)c1. The number of aryl methyl sites for hydroxylation is 1. The maximum atomic E-state index is 12.5. The molecule has 108 valence electrons. The van der Waals surface area contributed by atoms with E-state index in [0.29, 0.717) is 24.4 Å². The standard InChI is InChI=1S/C14H19N3O3/c1-9-7-10(3-4-11(9)15)14(19)17-5-6-20-8-12(17)13(18)16-2/h3-4,7,12H,5-6,8,15H2,1-2H3,(H,16,18). The Bertz CT molecular complexity index is 530. The van der Waals surface area contributed by atoms with Crippen LogP contribution in [0.3, 0.4) is 0 Å². The van der Waals surface area contributed by atoms with Gasteiger partial charge in [0, 0.05) is 24.8 Å². The molecule has 0 radical (unpaired) electrons. The lowest BCUT2D eigenvalue weighted by molar-refractivity contribution is -0.130. The molecule has 0 aliphatic carbocycles. The number of hydrogen-bond donors (Lipinski definition) is 2. The van der Waals surface area contributed by atoms with Crippen LogP contribution < -0.4 is 11.1 Å². The van der Waals surface area contributed by atoms with E-state index in [1.54, 1.807) is 30.1 Å². The largest absolute Gasteiger partial charge is 0.399 e. The fraction of sp³-hybridized carbons (Fsp3) is 0.429. The second-order valence-electron chi connectivity index (χ2n) is 4.77. The average Bonchev–Trinajstić information content (AvgIpc) is 2.48. The zero-order chi connectivity index (χ0) is 14.7. The Morgan fingerprint density at radius 3 is 2.85 bits per heavy atom. The number of nitrogens with zero attached hydrogens (tertiary/aromatic N) is 1. The number of amides is 2. The van der Waals surface area contributed by atoms with Crippen LogP contribution in [0, 0.1) is 6.92 Å². The lowest BCUT2D eigenvalue weighted by Crippen LogP contribution is -2.55. The highest BCUT2D eigenvalue weighted by Gasteiger charge is 2.32. The molecule has 6 heteroatoms. The molecule has 1 fully saturated rings. The van der Waals surface area contributed by atoms with Crippen LogP contribution >= 0.6 is 0 Å². The lowest BCUT2D eigenvalue weighted by atomic mass is 10.1. The van der Waals surface area contributed by atoms with Crippen LogP contribution in [0.25, 0.3) is 0 Å². The van der Waals surface area contributed by atoms with Gasteiger partial charge in [0.2, 0.25) is 5.91 Å². The van der Waals surface area contributed by atoms with E-state index in [1.165, 1.54) is 0 Å². The van der Waals surface area contributed by atoms with Gasteiger partial charge >= 0.3 is 0 Å². The molecule has 3 N–H and O–H groups in total. The molecule has 0 bridgehead atoms. The molecule has 1 aromatic rings. The minimum absolute atomic E-state index is 0.176. The van der Waals surface area contributed by atoms with Gasteiger partial charge in [0.15, 0.2) is 0 Å². The maximum absolute atomic E-state index is 12.5. The predicted molar refractivity (Wildman–Crippen MR) is 75.3 cm³/mol. The number of rotatable bonds is 2. The molecule has 20 heavy (non-hydrogen) atoms. The van der Waals surface area contributed by atoms with E-state index in [9.17, 15) is 9.59 Å². The topological polar surface area (TPSA) is 84.7 Å². The summed E-state index contributed by atoms with van der Waals surface area (Å²) in [4.78, 5) is 25.9. The van der Waals surface area contributed by atoms with E-state index in [4.69, 9.17) is 10.5 Å². The van der Waals surface area contributed by atoms with Crippen LogP contribution in [0.4, 0.5) is 5.69 Å². The van der Waals surface area contributed by atoms with Gasteiger partial charge in [-0.3, -0.25) is 9.59 Å². The first kappa shape index (κ1) is 14.3. The molecule has 1 saturated heterocycles. The van der Waals surface area contributed by atoms with E-state index < -0.39 is 6.04 Å². The molecule has 2 rings (SSSR count). The first-order valence-electron chi connectivity index (χ1n) is 6.51. The number of hydrogen-bond acceptors (Lipinski definition) is 4. The van der Waals surface area contributed by atoms with E-state index in [2.05, 4.69) is 5.32 Å². The molecule has 0 spiro atoms. The third-order valence-electron chi connectivity index (χ3n) is 3.46. The number of nitrogens with one attached hydrogen (secondary N) is 1. The molecule has 1 aromatic carbocycles. The molecule has 2 amide bonds. The van der Waals surface area contributed by atoms with Crippen LogP contribution in [0.1, 0.15) is 15.9 Å². The Kier molecular flexibility index (Phi) is 4.24. The van der Waals surface area contributed by atoms with Crippen molar-refractivity contribution in [3.8, 4) is 0 Å². The van der Waals surface area contributed by atoms with Gasteiger partial charge in [-0.05, 0) is 30.7 Å². The van der Waals surface area contributed by atoms with Crippen molar-refractivity contribution < 1.29 is 14.3 Å². The second-order valence-corrected chi connectivity index (χ2v) is 4.77. The first-order valence-corrected chi connectivity index (χ1v) is 6.51. The second kappa shape index (κ2) is 5.92. The summed E-state index contributed by atoms with van der Waals surface area (Å²) in [6.45, 7) is 2.91. The van der Waals surface area contributed by atoms with Gasteiger partial charge in [0.25, 0.3) is 5.91 Å². The molecule has 1 unspecified atom stereocenters. The van der Waals surface area contributed by atoms with Crippen molar-refractivity contribution in [1.82, 2.24) is 10.2 Å². The number of carbonyl (C=O) groups excluding carboxylic acids is 2. The molecule has 1 heterocycles. The van der Waals surface area contributed by atoms with Crippen LogP contribution in [0.5, 0.6) is 0 Å². The maximum Gasteiger partial charge on any atom is 0.254 e. The molecular formula is C14H19N3O3. The summed E-state index contributed by atoms with van der Waals surface area (Å²) in [6.07, 6.45) is 0. The summed E-state index contributed by atoms with van der Waals surface area (Å²) in [7, 11) is 1.55. The fourth-order valence-corrected chi connectivity index (χ4v) is 2.21. The number of morpholine rings is 1. The molecule has 6 nitrogen and oxygen atoms in total. The molecule has 1 atom stereocenters. The Balaban J connectivity index is 2.25. The van der Waals surface area contributed by atoms with Gasteiger partial charge in [-0.2, -0.15) is 0 Å². The van der Waals surface area contributed by atoms with Crippen LogP contribution in [0.2, 0.25) is 0 Å². The van der Waals surface area contributed by atoms with Gasteiger partial charge in [0.1, 0.15) is 6.04 Å². The normalized spacial score (nSPS) is 18.7. The summed E-state index contributed by atoms with van der Waals surface area (Å²) in [5.41, 5.74) is 7.78. The van der Waals surface area contributed by atoms with Crippen molar-refractivity contribution in [3.63, 3.8) is 0 Å². The number of benzene rings is 1. The minimum atomic E-state index is -0.584. The van der Waals surface area contributed by atoms with Crippen LogP contribution in [-0.2, 0) is 9.53 Å². The number of likely N-dealkylation sites (N-methyl/N-ethyl adjacent to an activating group) is 1. The van der Waals surface area contributed by atoms with E-state index in [1.807, 2.05) is 6.92 Å². The zero-order valence-electron chi connectivity index (χ0n) is 11.7. The number of ether oxygens (including phenoxy) is 1. The number of anilines is 1. The molecule has 0 saturated carbocycles. The van der Waals surface area contributed by atoms with E-state index >= 15 is 0 Å². The van der Waals surface area contributed by atoms with Crippen molar-refractivity contribution in [2.24, 2.45) is 0 Å². The first-order chi connectivity index (χ1) is 9.54. The quantitative estimate of drug-likeness (QED) is 0.754. The summed E-state index contributed by atoms with van der Waals surface area (Å²) in [6, 6.07) is 4.55. The van der Waals surface area contributed by atoms with Crippen LogP contribution in [0.15, 0.2) is 18.2 Å². The molecule has 0 aromatic heterocycles. The molecule has 1 aliphatic heterocycles. The Morgan fingerprint density at radius 2 is 2.20 bits per heavy atom. The van der Waals surface area contributed by atoms with Gasteiger partial charge in [-0.15, -0.1) is 0 Å². The smallest absolute Gasteiger partial charge is 0.254 e. The highest BCUT2D eigenvalue weighted by Crippen LogP contribution is 2.17. The third kappa shape index (κ3) is 2.75. The third-order valence-corrected chi connectivity index (χ3v) is 3.46. The summed E-state index contributed by atoms with van der Waals surface area (Å²) >= 11 is 0. The summed E-state index contributed by atoms with van der Waals surface area (Å²) in [5, 5.41) is 2.56. The Morgan fingerprint density at radius 1 is 1.45 bits per heavy atom. The summed E-state index contributed by atoms with van der Waals surface area (Å²) < 4.78 is 5.29. The highest BCUT2D eigenvalue weighted by molar-refractivity contribution is 5.98. The van der Waals surface area contributed by atoms with Crippen molar-refractivity contribution in [2.45, 2.75) is 13.0 Å². The molecular weight excluding hydrogens is 258 g/mol. The van der Waals surface area contributed by atoms with Gasteiger partial charge in [-0.1, -0.05) is 0 Å². The summed E-state index contributed by atoms with van der Waals surface area (Å²) in [5.74, 6) is -0.393. The van der Waals surface area contributed by atoms with E-state index in [-0.39, 0.29) is 18.4 Å². The Labute approximate surface area is 117 Å². The van der Waals surface area contributed by atoms with Crippen molar-refractivity contribution >= 4 is 17.5 Å². The van der Waals surface area contributed by atoms with Crippen LogP contribution in [-0.4, -0.2) is 49.6 Å². The van der Waals surface area contributed by atoms with Gasteiger partial charge in [0.05, 0.1) is 13.2 Å². The number of nitrogen functional groups attached to an aromatic ring is 1. The fourth-order valence-electron chi connectivity index (χ4n) is 2.21. The van der Waals surface area contributed by atoms with E-state index in [0.717, 1.165) is 5.56 Å². The Hall–Kier alpha value is -2.08. The van der Waals surface area contributed by atoms with Gasteiger partial charge < -0.3 is 20.7 Å². The zero-order valence-corrected chi connectivity index (χ0v) is 11.7. The average molecular weight is 277 g/mol. The highest BCUT2D eigenvalue weighted by atomic mass is 16.5. The minimum Gasteiger partial charge on any atom is -0.399 e. The van der Waals surface area contributed by atoms with Crippen molar-refractivity contribution in [3.05, 3.63) is 29.3 Å². The number of carbonyl (C=O) groups is 2. The van der Waals surface area contributed by atoms with Crippen molar-refractivity contribution in [1.29, 1.82) is 0 Å². The predicted octanol–water partition coefficient (Wildman–Crippen LogP) is 0.164. The van der Waals surface area contributed by atoms with Gasteiger partial charge in [-0.25, -0.2) is 0 Å². The monoisotopic (exact) mass is 277 g/mol. The van der Waals surface area contributed by atoms with Crippen molar-refractivity contribution in [2.75, 3.05) is 32.5 Å². The lowest BCUT2D eigenvalue weighted by Gasteiger charge is -2.34. The number of nitrogens with two attached hydrogens (primary N) is 1. The molecule has 1 aliphatic rings.